The molecule has 10 heteroatoms. The van der Waals surface area contributed by atoms with Gasteiger partial charge in [-0.25, -0.2) is 8.78 Å². The third-order valence-corrected chi connectivity index (χ3v) is 6.52. The van der Waals surface area contributed by atoms with Crippen LogP contribution in [-0.2, 0) is 16.0 Å². The molecule has 0 radical (unpaired) electrons. The largest absolute Gasteiger partial charge is 0.366 e. The molecule has 0 aliphatic carbocycles. The van der Waals surface area contributed by atoms with Crippen molar-refractivity contribution in [3.63, 3.8) is 0 Å². The molecule has 198 valence electrons. The van der Waals surface area contributed by atoms with Crippen LogP contribution in [0.3, 0.4) is 0 Å². The highest BCUT2D eigenvalue weighted by atomic mass is 79.9. The van der Waals surface area contributed by atoms with Crippen molar-refractivity contribution in [3.05, 3.63) is 95.6 Å². The van der Waals surface area contributed by atoms with Crippen molar-refractivity contribution in [2.75, 3.05) is 41.7 Å². The summed E-state index contributed by atoms with van der Waals surface area (Å²) < 4.78 is 46.2. The Labute approximate surface area is 230 Å². The Morgan fingerprint density at radius 2 is 1.63 bits per heavy atom. The number of amides is 3. The molecular formula is C28H27BrF2N4O3. The molecule has 4 rings (SSSR count). The number of piperazine rings is 1. The number of carbonyl (C=O) groups is 3. The fourth-order valence-corrected chi connectivity index (χ4v) is 4.45. The van der Waals surface area contributed by atoms with Crippen LogP contribution in [0.4, 0.5) is 20.2 Å². The zero-order valence-electron chi connectivity index (χ0n) is 22.3. The minimum Gasteiger partial charge on any atom is -0.366 e. The zero-order chi connectivity index (χ0) is 28.9. The molecule has 1 atom stereocenters. The highest BCUT2D eigenvalue weighted by Crippen LogP contribution is 2.28. The van der Waals surface area contributed by atoms with E-state index in [-0.39, 0.29) is 28.1 Å². The first-order valence-electron chi connectivity index (χ1n) is 12.9. The Morgan fingerprint density at radius 1 is 0.947 bits per heavy atom. The molecule has 1 saturated heterocycles. The molecule has 0 saturated carbocycles. The fourth-order valence-electron chi connectivity index (χ4n) is 4.09. The average Bonchev–Trinajstić information content (AvgIpc) is 2.96. The number of hydrogen-bond donors (Lipinski definition) is 2. The van der Waals surface area contributed by atoms with Crippen LogP contribution in [0.25, 0.3) is 0 Å². The summed E-state index contributed by atoms with van der Waals surface area (Å²) in [6.45, 7) is 1.69. The first-order chi connectivity index (χ1) is 19.1. The lowest BCUT2D eigenvalue weighted by Gasteiger charge is -2.36. The molecule has 38 heavy (non-hydrogen) atoms. The summed E-state index contributed by atoms with van der Waals surface area (Å²) in [5.74, 6) is -3.46. The normalized spacial score (nSPS) is 15.2. The highest BCUT2D eigenvalue weighted by Gasteiger charge is 2.26. The lowest BCUT2D eigenvalue weighted by molar-refractivity contribution is -0.128. The molecule has 1 heterocycles. The van der Waals surface area contributed by atoms with Crippen molar-refractivity contribution in [3.8, 4) is 0 Å². The SMILES string of the molecule is [2H]C([2H])(c1ccccc1)[C@@H](NC(=O)c1ccccc1F)C(=O)Nc1cc(F)ccc1N1CCN(C(=O)CBr)CC1. The first-order valence-corrected chi connectivity index (χ1v) is 13.0. The molecule has 1 aliphatic rings. The Kier molecular flexibility index (Phi) is 8.16. The number of benzene rings is 3. The van der Waals surface area contributed by atoms with Gasteiger partial charge in [0.1, 0.15) is 17.7 Å². The molecule has 0 aromatic heterocycles. The van der Waals surface area contributed by atoms with Gasteiger partial charge in [-0.05, 0) is 35.9 Å². The van der Waals surface area contributed by atoms with E-state index in [4.69, 9.17) is 2.74 Å². The standard InChI is InChI=1S/C28H27BrF2N4O3/c29-18-26(36)35-14-12-34(13-15-35)25-11-10-20(30)17-23(25)32-28(38)24(16-19-6-2-1-3-7-19)33-27(37)21-8-4-5-9-22(21)31/h1-11,17,24H,12-16,18H2,(H,32,38)(H,33,37)/t24-/m1/s1/i16D2. The predicted molar refractivity (Wildman–Crippen MR) is 145 cm³/mol. The van der Waals surface area contributed by atoms with E-state index in [1.807, 2.05) is 4.90 Å². The molecule has 0 spiro atoms. The number of hydrogen-bond acceptors (Lipinski definition) is 4. The van der Waals surface area contributed by atoms with Gasteiger partial charge in [-0.1, -0.05) is 58.4 Å². The van der Waals surface area contributed by atoms with Gasteiger partial charge in [0.15, 0.2) is 0 Å². The van der Waals surface area contributed by atoms with E-state index in [2.05, 4.69) is 26.6 Å². The van der Waals surface area contributed by atoms with Gasteiger partial charge in [0.05, 0.1) is 22.3 Å². The van der Waals surface area contributed by atoms with Crippen molar-refractivity contribution < 1.29 is 25.9 Å². The first kappa shape index (κ1) is 24.5. The summed E-state index contributed by atoms with van der Waals surface area (Å²) in [5.41, 5.74) is 0.293. The number of nitrogens with one attached hydrogen (secondary N) is 2. The minimum absolute atomic E-state index is 0.0520. The second-order valence-electron chi connectivity index (χ2n) is 8.55. The van der Waals surface area contributed by atoms with E-state index in [9.17, 15) is 23.2 Å². The number of rotatable bonds is 8. The van der Waals surface area contributed by atoms with Gasteiger partial charge in [-0.3, -0.25) is 14.4 Å². The molecule has 3 aromatic carbocycles. The number of nitrogens with zero attached hydrogens (tertiary/aromatic N) is 2. The second-order valence-corrected chi connectivity index (χ2v) is 9.11. The summed E-state index contributed by atoms with van der Waals surface area (Å²) in [6.07, 6.45) is -2.43. The number of alkyl halides is 1. The summed E-state index contributed by atoms with van der Waals surface area (Å²) in [6, 6.07) is 15.0. The third kappa shape index (κ3) is 6.74. The van der Waals surface area contributed by atoms with Crippen LogP contribution < -0.4 is 15.5 Å². The van der Waals surface area contributed by atoms with Crippen molar-refractivity contribution in [1.82, 2.24) is 10.2 Å². The van der Waals surface area contributed by atoms with E-state index in [1.54, 1.807) is 23.1 Å². The number of anilines is 2. The van der Waals surface area contributed by atoms with Crippen LogP contribution in [0.5, 0.6) is 0 Å². The van der Waals surface area contributed by atoms with Crippen LogP contribution in [-0.4, -0.2) is 60.2 Å². The van der Waals surface area contributed by atoms with E-state index in [0.717, 1.165) is 12.1 Å². The minimum atomic E-state index is -2.43. The smallest absolute Gasteiger partial charge is 0.254 e. The van der Waals surface area contributed by atoms with Gasteiger partial charge in [0.2, 0.25) is 11.8 Å². The maximum atomic E-state index is 14.3. The summed E-state index contributed by atoms with van der Waals surface area (Å²) in [5, 5.41) is 5.14. The Morgan fingerprint density at radius 3 is 2.32 bits per heavy atom. The van der Waals surface area contributed by atoms with Crippen LogP contribution in [0, 0.1) is 11.6 Å². The maximum absolute atomic E-state index is 14.3. The van der Waals surface area contributed by atoms with Crippen molar-refractivity contribution in [2.24, 2.45) is 0 Å². The van der Waals surface area contributed by atoms with E-state index in [1.165, 1.54) is 42.5 Å². The summed E-state index contributed by atoms with van der Waals surface area (Å²) in [4.78, 5) is 42.2. The molecular weight excluding hydrogens is 558 g/mol. The summed E-state index contributed by atoms with van der Waals surface area (Å²) >= 11 is 3.16. The van der Waals surface area contributed by atoms with E-state index >= 15 is 0 Å². The molecule has 7 nitrogen and oxygen atoms in total. The maximum Gasteiger partial charge on any atom is 0.254 e. The molecule has 0 bridgehead atoms. The van der Waals surface area contributed by atoms with Gasteiger partial charge in [0, 0.05) is 35.3 Å². The lowest BCUT2D eigenvalue weighted by Crippen LogP contribution is -2.49. The number of halogens is 3. The predicted octanol–water partition coefficient (Wildman–Crippen LogP) is 3.99. The topological polar surface area (TPSA) is 81.8 Å². The number of carbonyl (C=O) groups excluding carboxylic acids is 3. The lowest BCUT2D eigenvalue weighted by atomic mass is 10.0. The average molecular weight is 587 g/mol. The molecule has 3 aromatic rings. The summed E-state index contributed by atoms with van der Waals surface area (Å²) in [7, 11) is 0. The third-order valence-electron chi connectivity index (χ3n) is 6.04. The molecule has 3 amide bonds. The fraction of sp³-hybridized carbons (Fsp3) is 0.250. The Balaban J connectivity index is 1.63. The molecule has 0 unspecified atom stereocenters. The molecule has 1 fully saturated rings. The molecule has 1 aliphatic heterocycles. The van der Waals surface area contributed by atoms with Crippen LogP contribution in [0.2, 0.25) is 0 Å². The van der Waals surface area contributed by atoms with Gasteiger partial charge >= 0.3 is 0 Å². The molecule has 2 N–H and O–H groups in total. The Hall–Kier alpha value is -3.79. The Bertz CT molecular complexity index is 1390. The van der Waals surface area contributed by atoms with Crippen LogP contribution in [0.15, 0.2) is 72.8 Å². The van der Waals surface area contributed by atoms with Gasteiger partial charge in [-0.15, -0.1) is 0 Å². The van der Waals surface area contributed by atoms with Crippen LogP contribution >= 0.6 is 15.9 Å². The quantitative estimate of drug-likeness (QED) is 0.391. The zero-order valence-corrected chi connectivity index (χ0v) is 21.9. The van der Waals surface area contributed by atoms with Crippen molar-refractivity contribution in [2.45, 2.75) is 12.4 Å². The van der Waals surface area contributed by atoms with E-state index in [0.29, 0.717) is 31.9 Å². The van der Waals surface area contributed by atoms with Crippen molar-refractivity contribution >= 4 is 45.0 Å². The highest BCUT2D eigenvalue weighted by molar-refractivity contribution is 9.09. The van der Waals surface area contributed by atoms with Gasteiger partial charge in [-0.2, -0.15) is 0 Å². The monoisotopic (exact) mass is 586 g/mol. The van der Waals surface area contributed by atoms with Gasteiger partial charge in [0.25, 0.3) is 5.91 Å². The second kappa shape index (κ2) is 12.6. The van der Waals surface area contributed by atoms with Crippen LogP contribution in [0.1, 0.15) is 18.7 Å². The van der Waals surface area contributed by atoms with E-state index < -0.39 is 35.9 Å². The van der Waals surface area contributed by atoms with Crippen molar-refractivity contribution in [1.29, 1.82) is 0 Å². The van der Waals surface area contributed by atoms with Gasteiger partial charge < -0.3 is 20.4 Å².